The van der Waals surface area contributed by atoms with E-state index in [1.54, 1.807) is 0 Å². The molecule has 1 unspecified atom stereocenters. The molecule has 1 fully saturated rings. The van der Waals surface area contributed by atoms with Crippen molar-refractivity contribution in [1.29, 1.82) is 0 Å². The van der Waals surface area contributed by atoms with Crippen molar-refractivity contribution >= 4 is 11.8 Å². The Morgan fingerprint density at radius 3 is 2.81 bits per heavy atom. The summed E-state index contributed by atoms with van der Waals surface area (Å²) in [5.41, 5.74) is 1.75. The van der Waals surface area contributed by atoms with Crippen LogP contribution >= 0.6 is 0 Å². The van der Waals surface area contributed by atoms with Gasteiger partial charge in [0.2, 0.25) is 0 Å². The highest BCUT2D eigenvalue weighted by atomic mass is 16.6. The van der Waals surface area contributed by atoms with Gasteiger partial charge in [0, 0.05) is 24.3 Å². The Hall–Kier alpha value is -1.71. The molecule has 1 N–H and O–H groups in total. The normalized spacial score (nSPS) is 24.6. The SMILES string of the molecule is CC(C)(C)OC(=O)N1CCCC12CCNc1ccccc12. The van der Waals surface area contributed by atoms with Crippen LogP contribution in [0.2, 0.25) is 0 Å². The monoisotopic (exact) mass is 288 g/mol. The van der Waals surface area contributed by atoms with Crippen LogP contribution in [-0.4, -0.2) is 29.7 Å². The van der Waals surface area contributed by atoms with Crippen LogP contribution in [0.1, 0.15) is 45.6 Å². The second-order valence-corrected chi connectivity index (χ2v) is 6.99. The number of nitrogens with zero attached hydrogens (tertiary/aromatic N) is 1. The largest absolute Gasteiger partial charge is 0.444 e. The van der Waals surface area contributed by atoms with Crippen LogP contribution in [0, 0.1) is 0 Å². The predicted octanol–water partition coefficient (Wildman–Crippen LogP) is 3.73. The first kappa shape index (κ1) is 14.2. The molecule has 0 radical (unpaired) electrons. The molecule has 1 saturated heterocycles. The van der Waals surface area contributed by atoms with E-state index in [2.05, 4.69) is 23.5 Å². The number of carbonyl (C=O) groups is 1. The van der Waals surface area contributed by atoms with Gasteiger partial charge in [0.25, 0.3) is 0 Å². The number of anilines is 1. The lowest BCUT2D eigenvalue weighted by molar-refractivity contribution is 0.00532. The Morgan fingerprint density at radius 2 is 2.05 bits per heavy atom. The van der Waals surface area contributed by atoms with Gasteiger partial charge >= 0.3 is 6.09 Å². The van der Waals surface area contributed by atoms with Crippen molar-refractivity contribution in [2.75, 3.05) is 18.4 Å². The van der Waals surface area contributed by atoms with Gasteiger partial charge in [-0.05, 0) is 46.1 Å². The molecule has 1 amide bonds. The number of hydrogen-bond acceptors (Lipinski definition) is 3. The minimum atomic E-state index is -0.451. The average Bonchev–Trinajstić information content (AvgIpc) is 2.82. The summed E-state index contributed by atoms with van der Waals surface area (Å²) in [5, 5.41) is 3.44. The van der Waals surface area contributed by atoms with Crippen molar-refractivity contribution in [3.8, 4) is 0 Å². The molecule has 1 aromatic carbocycles. The second kappa shape index (κ2) is 4.93. The average molecular weight is 288 g/mol. The van der Waals surface area contributed by atoms with E-state index in [1.165, 1.54) is 5.56 Å². The van der Waals surface area contributed by atoms with Gasteiger partial charge in [0.05, 0.1) is 5.54 Å². The highest BCUT2D eigenvalue weighted by Gasteiger charge is 2.48. The number of para-hydroxylation sites is 1. The van der Waals surface area contributed by atoms with Crippen molar-refractivity contribution in [1.82, 2.24) is 4.90 Å². The van der Waals surface area contributed by atoms with E-state index >= 15 is 0 Å². The van der Waals surface area contributed by atoms with Crippen LogP contribution in [0.4, 0.5) is 10.5 Å². The maximum Gasteiger partial charge on any atom is 0.411 e. The number of rotatable bonds is 0. The Balaban J connectivity index is 1.96. The summed E-state index contributed by atoms with van der Waals surface area (Å²) in [4.78, 5) is 14.6. The summed E-state index contributed by atoms with van der Waals surface area (Å²) in [7, 11) is 0. The topological polar surface area (TPSA) is 41.6 Å². The maximum atomic E-state index is 12.6. The number of carbonyl (C=O) groups excluding carboxylic acids is 1. The van der Waals surface area contributed by atoms with Gasteiger partial charge in [-0.25, -0.2) is 4.79 Å². The lowest BCUT2D eigenvalue weighted by Crippen LogP contribution is -2.49. The lowest BCUT2D eigenvalue weighted by atomic mass is 9.81. The van der Waals surface area contributed by atoms with E-state index in [9.17, 15) is 4.79 Å². The van der Waals surface area contributed by atoms with Crippen molar-refractivity contribution in [3.05, 3.63) is 29.8 Å². The number of hydrogen-bond donors (Lipinski definition) is 1. The summed E-state index contributed by atoms with van der Waals surface area (Å²) in [6, 6.07) is 8.34. The molecule has 0 saturated carbocycles. The van der Waals surface area contributed by atoms with Crippen LogP contribution in [0.15, 0.2) is 24.3 Å². The van der Waals surface area contributed by atoms with E-state index in [-0.39, 0.29) is 11.6 Å². The van der Waals surface area contributed by atoms with Gasteiger partial charge in [-0.1, -0.05) is 18.2 Å². The Bertz CT molecular complexity index is 550. The van der Waals surface area contributed by atoms with Crippen LogP contribution in [0.3, 0.4) is 0 Å². The smallest absolute Gasteiger partial charge is 0.411 e. The van der Waals surface area contributed by atoms with Crippen LogP contribution in [0.25, 0.3) is 0 Å². The molecule has 114 valence electrons. The minimum absolute atomic E-state index is 0.184. The fourth-order valence-electron chi connectivity index (χ4n) is 3.58. The molecular formula is C17H24N2O2. The summed E-state index contributed by atoms with van der Waals surface area (Å²) in [6.07, 6.45) is 2.82. The standard InChI is InChI=1S/C17H24N2O2/c1-16(2,3)21-15(20)19-12-6-9-17(19)10-11-18-14-8-5-4-7-13(14)17/h4-5,7-8,18H,6,9-12H2,1-3H3. The molecule has 0 bridgehead atoms. The van der Waals surface area contributed by atoms with Gasteiger partial charge in [-0.2, -0.15) is 0 Å². The first-order valence-electron chi connectivity index (χ1n) is 7.76. The van der Waals surface area contributed by atoms with Crippen LogP contribution < -0.4 is 5.32 Å². The number of nitrogens with one attached hydrogen (secondary N) is 1. The predicted molar refractivity (Wildman–Crippen MR) is 83.4 cm³/mol. The maximum absolute atomic E-state index is 12.6. The zero-order valence-electron chi connectivity index (χ0n) is 13.1. The van der Waals surface area contributed by atoms with Crippen molar-refractivity contribution < 1.29 is 9.53 Å². The van der Waals surface area contributed by atoms with E-state index in [4.69, 9.17) is 4.74 Å². The molecule has 2 heterocycles. The molecule has 2 aliphatic heterocycles. The lowest BCUT2D eigenvalue weighted by Gasteiger charge is -2.43. The second-order valence-electron chi connectivity index (χ2n) is 6.99. The summed E-state index contributed by atoms with van der Waals surface area (Å²) < 4.78 is 5.63. The van der Waals surface area contributed by atoms with Gasteiger partial charge in [0.15, 0.2) is 0 Å². The molecule has 0 aromatic heterocycles. The number of fused-ring (bicyclic) bond motifs is 2. The third-order valence-electron chi connectivity index (χ3n) is 4.39. The van der Waals surface area contributed by atoms with Crippen LogP contribution in [0.5, 0.6) is 0 Å². The number of amides is 1. The van der Waals surface area contributed by atoms with E-state index in [0.717, 1.165) is 38.0 Å². The number of benzene rings is 1. The van der Waals surface area contributed by atoms with Gasteiger partial charge in [0.1, 0.15) is 5.60 Å². The number of ether oxygens (including phenoxy) is 1. The summed E-state index contributed by atoms with van der Waals surface area (Å²) >= 11 is 0. The molecule has 4 nitrogen and oxygen atoms in total. The van der Waals surface area contributed by atoms with Crippen LogP contribution in [-0.2, 0) is 10.3 Å². The van der Waals surface area contributed by atoms with Crippen molar-refractivity contribution in [2.45, 2.75) is 51.2 Å². The third-order valence-corrected chi connectivity index (χ3v) is 4.39. The molecule has 1 spiro atoms. The molecule has 3 rings (SSSR count). The molecule has 21 heavy (non-hydrogen) atoms. The zero-order chi connectivity index (χ0) is 15.1. The molecule has 2 aliphatic rings. The Morgan fingerprint density at radius 1 is 1.29 bits per heavy atom. The van der Waals surface area contributed by atoms with Gasteiger partial charge < -0.3 is 10.1 Å². The third kappa shape index (κ3) is 2.47. The highest BCUT2D eigenvalue weighted by molar-refractivity contribution is 5.72. The van der Waals surface area contributed by atoms with E-state index in [1.807, 2.05) is 31.7 Å². The number of likely N-dealkylation sites (tertiary alicyclic amines) is 1. The molecule has 1 atom stereocenters. The summed E-state index contributed by atoms with van der Waals surface area (Å²) in [5.74, 6) is 0. The molecular weight excluding hydrogens is 264 g/mol. The summed E-state index contributed by atoms with van der Waals surface area (Å²) in [6.45, 7) is 7.44. The fraction of sp³-hybridized carbons (Fsp3) is 0.588. The van der Waals surface area contributed by atoms with E-state index in [0.29, 0.717) is 0 Å². The van der Waals surface area contributed by atoms with Crippen molar-refractivity contribution in [2.24, 2.45) is 0 Å². The van der Waals surface area contributed by atoms with Gasteiger partial charge in [-0.3, -0.25) is 4.90 Å². The molecule has 4 heteroatoms. The Labute approximate surface area is 126 Å². The molecule has 1 aromatic rings. The zero-order valence-corrected chi connectivity index (χ0v) is 13.1. The first-order chi connectivity index (χ1) is 9.92. The van der Waals surface area contributed by atoms with E-state index < -0.39 is 5.60 Å². The highest BCUT2D eigenvalue weighted by Crippen LogP contribution is 2.47. The van der Waals surface area contributed by atoms with Crippen molar-refractivity contribution in [3.63, 3.8) is 0 Å². The molecule has 0 aliphatic carbocycles. The van der Waals surface area contributed by atoms with Gasteiger partial charge in [-0.15, -0.1) is 0 Å². The Kier molecular flexibility index (Phi) is 3.34. The quantitative estimate of drug-likeness (QED) is 0.791. The minimum Gasteiger partial charge on any atom is -0.444 e. The fourth-order valence-corrected chi connectivity index (χ4v) is 3.58. The first-order valence-corrected chi connectivity index (χ1v) is 7.76.